The Hall–Kier alpha value is -1.68. The van der Waals surface area contributed by atoms with E-state index in [4.69, 9.17) is 0 Å². The highest BCUT2D eigenvalue weighted by Gasteiger charge is 2.13. The molecular weight excluding hydrogens is 260 g/mol. The van der Waals surface area contributed by atoms with Gasteiger partial charge in [-0.25, -0.2) is 9.67 Å². The van der Waals surface area contributed by atoms with Gasteiger partial charge in [-0.15, -0.1) is 0 Å². The first-order chi connectivity index (χ1) is 10.1. The first-order valence-corrected chi connectivity index (χ1v) is 7.68. The van der Waals surface area contributed by atoms with Crippen LogP contribution in [0.5, 0.6) is 0 Å². The van der Waals surface area contributed by atoms with Gasteiger partial charge in [0.2, 0.25) is 0 Å². The molecule has 0 fully saturated rings. The Kier molecular flexibility index (Phi) is 5.51. The van der Waals surface area contributed by atoms with Crippen LogP contribution in [0.4, 0.5) is 0 Å². The minimum atomic E-state index is 0.378. The monoisotopic (exact) mass is 286 g/mol. The van der Waals surface area contributed by atoms with Crippen molar-refractivity contribution in [1.82, 2.24) is 20.1 Å². The molecule has 1 heterocycles. The van der Waals surface area contributed by atoms with Gasteiger partial charge in [-0.1, -0.05) is 43.7 Å². The van der Waals surface area contributed by atoms with Gasteiger partial charge in [-0.05, 0) is 31.9 Å². The molecule has 1 atom stereocenters. The highest BCUT2D eigenvalue weighted by Crippen LogP contribution is 2.10. The van der Waals surface area contributed by atoms with Gasteiger partial charge in [0.15, 0.2) is 0 Å². The third-order valence-corrected chi connectivity index (χ3v) is 3.67. The van der Waals surface area contributed by atoms with Crippen LogP contribution in [0.2, 0.25) is 0 Å². The fourth-order valence-electron chi connectivity index (χ4n) is 2.45. The zero-order valence-electron chi connectivity index (χ0n) is 13.5. The SMILES string of the molecule is CNC(Cc1ccc(C)cc1)Cc1ncnn1CC(C)C. The molecule has 4 heteroatoms. The van der Waals surface area contributed by atoms with E-state index in [1.54, 1.807) is 6.33 Å². The molecule has 0 spiro atoms. The number of aryl methyl sites for hydroxylation is 1. The lowest BCUT2D eigenvalue weighted by Crippen LogP contribution is -2.31. The van der Waals surface area contributed by atoms with Crippen molar-refractivity contribution in [3.05, 3.63) is 47.5 Å². The van der Waals surface area contributed by atoms with Crippen LogP contribution >= 0.6 is 0 Å². The predicted molar refractivity (Wildman–Crippen MR) is 86.3 cm³/mol. The molecule has 0 aliphatic carbocycles. The zero-order chi connectivity index (χ0) is 15.2. The maximum atomic E-state index is 4.42. The summed E-state index contributed by atoms with van der Waals surface area (Å²) in [6.07, 6.45) is 3.57. The maximum Gasteiger partial charge on any atom is 0.138 e. The molecule has 0 bridgehead atoms. The molecule has 1 unspecified atom stereocenters. The van der Waals surface area contributed by atoms with E-state index in [2.05, 4.69) is 60.4 Å². The van der Waals surface area contributed by atoms with Crippen LogP contribution in [0.3, 0.4) is 0 Å². The molecular formula is C17H26N4. The summed E-state index contributed by atoms with van der Waals surface area (Å²) in [6, 6.07) is 9.13. The maximum absolute atomic E-state index is 4.42. The molecule has 1 aromatic heterocycles. The van der Waals surface area contributed by atoms with Gasteiger partial charge < -0.3 is 5.32 Å². The Morgan fingerprint density at radius 1 is 1.14 bits per heavy atom. The Bertz CT molecular complexity index is 542. The topological polar surface area (TPSA) is 42.7 Å². The number of nitrogens with one attached hydrogen (secondary N) is 1. The molecule has 0 radical (unpaired) electrons. The molecule has 2 aromatic rings. The van der Waals surface area contributed by atoms with Crippen LogP contribution in [-0.2, 0) is 19.4 Å². The van der Waals surface area contributed by atoms with E-state index in [0.717, 1.165) is 25.2 Å². The number of aromatic nitrogens is 3. The number of nitrogens with zero attached hydrogens (tertiary/aromatic N) is 3. The van der Waals surface area contributed by atoms with Crippen molar-refractivity contribution in [2.24, 2.45) is 5.92 Å². The van der Waals surface area contributed by atoms with Gasteiger partial charge in [0.25, 0.3) is 0 Å². The number of benzene rings is 1. The average Bonchev–Trinajstić information content (AvgIpc) is 2.87. The fourth-order valence-corrected chi connectivity index (χ4v) is 2.45. The molecule has 114 valence electrons. The lowest BCUT2D eigenvalue weighted by atomic mass is 10.0. The molecule has 4 nitrogen and oxygen atoms in total. The third kappa shape index (κ3) is 4.67. The van der Waals surface area contributed by atoms with Gasteiger partial charge in [0.05, 0.1) is 0 Å². The van der Waals surface area contributed by atoms with E-state index in [1.165, 1.54) is 11.1 Å². The average molecular weight is 286 g/mol. The predicted octanol–water partition coefficient (Wildman–Crippen LogP) is 2.62. The van der Waals surface area contributed by atoms with Crippen LogP contribution in [0, 0.1) is 12.8 Å². The van der Waals surface area contributed by atoms with Crippen molar-refractivity contribution in [3.8, 4) is 0 Å². The summed E-state index contributed by atoms with van der Waals surface area (Å²) in [6.45, 7) is 7.45. The molecule has 0 aliphatic rings. The van der Waals surface area contributed by atoms with Crippen LogP contribution in [0.1, 0.15) is 30.8 Å². The highest BCUT2D eigenvalue weighted by molar-refractivity contribution is 5.22. The smallest absolute Gasteiger partial charge is 0.138 e. The van der Waals surface area contributed by atoms with Crippen LogP contribution < -0.4 is 5.32 Å². The molecule has 2 rings (SSSR count). The summed E-state index contributed by atoms with van der Waals surface area (Å²) in [5.74, 6) is 1.64. The van der Waals surface area contributed by atoms with E-state index >= 15 is 0 Å². The number of rotatable bonds is 7. The zero-order valence-corrected chi connectivity index (χ0v) is 13.5. The molecule has 0 amide bonds. The molecule has 1 N–H and O–H groups in total. The lowest BCUT2D eigenvalue weighted by molar-refractivity contribution is 0.447. The van der Waals surface area contributed by atoms with Crippen molar-refractivity contribution in [3.63, 3.8) is 0 Å². The second-order valence-electron chi connectivity index (χ2n) is 6.13. The molecule has 1 aromatic carbocycles. The van der Waals surface area contributed by atoms with E-state index in [1.807, 2.05) is 11.7 Å². The van der Waals surface area contributed by atoms with E-state index in [-0.39, 0.29) is 0 Å². The fraction of sp³-hybridized carbons (Fsp3) is 0.529. The van der Waals surface area contributed by atoms with E-state index in [0.29, 0.717) is 12.0 Å². The summed E-state index contributed by atoms with van der Waals surface area (Å²) in [4.78, 5) is 4.42. The molecule has 0 saturated carbocycles. The van der Waals surface area contributed by atoms with Gasteiger partial charge in [0.1, 0.15) is 12.2 Å². The van der Waals surface area contributed by atoms with Crippen molar-refractivity contribution >= 4 is 0 Å². The van der Waals surface area contributed by atoms with Crippen molar-refractivity contribution < 1.29 is 0 Å². The van der Waals surface area contributed by atoms with E-state index in [9.17, 15) is 0 Å². The normalized spacial score (nSPS) is 12.8. The summed E-state index contributed by atoms with van der Waals surface area (Å²) < 4.78 is 2.03. The second kappa shape index (κ2) is 7.36. The van der Waals surface area contributed by atoms with Gasteiger partial charge in [-0.2, -0.15) is 5.10 Å². The van der Waals surface area contributed by atoms with E-state index < -0.39 is 0 Å². The molecule has 0 aliphatic heterocycles. The first kappa shape index (κ1) is 15.7. The Labute approximate surface area is 127 Å². The minimum Gasteiger partial charge on any atom is -0.316 e. The largest absolute Gasteiger partial charge is 0.316 e. The number of likely N-dealkylation sites (N-methyl/N-ethyl adjacent to an activating group) is 1. The highest BCUT2D eigenvalue weighted by atomic mass is 15.3. The van der Waals surface area contributed by atoms with Gasteiger partial charge in [-0.3, -0.25) is 0 Å². The Morgan fingerprint density at radius 3 is 2.48 bits per heavy atom. The van der Waals surface area contributed by atoms with Crippen molar-refractivity contribution in [1.29, 1.82) is 0 Å². The lowest BCUT2D eigenvalue weighted by Gasteiger charge is -2.17. The van der Waals surface area contributed by atoms with Crippen molar-refractivity contribution in [2.75, 3.05) is 7.05 Å². The van der Waals surface area contributed by atoms with Gasteiger partial charge >= 0.3 is 0 Å². The minimum absolute atomic E-state index is 0.378. The summed E-state index contributed by atoms with van der Waals surface area (Å²) >= 11 is 0. The second-order valence-corrected chi connectivity index (χ2v) is 6.13. The quantitative estimate of drug-likeness (QED) is 0.851. The third-order valence-electron chi connectivity index (χ3n) is 3.67. The Morgan fingerprint density at radius 2 is 1.86 bits per heavy atom. The molecule has 0 saturated heterocycles. The first-order valence-electron chi connectivity index (χ1n) is 7.68. The van der Waals surface area contributed by atoms with Gasteiger partial charge in [0, 0.05) is 19.0 Å². The molecule has 21 heavy (non-hydrogen) atoms. The summed E-state index contributed by atoms with van der Waals surface area (Å²) in [7, 11) is 2.02. The van der Waals surface area contributed by atoms with Crippen LogP contribution in [-0.4, -0.2) is 27.9 Å². The number of hydrogen-bond donors (Lipinski definition) is 1. The van der Waals surface area contributed by atoms with Crippen LogP contribution in [0.25, 0.3) is 0 Å². The Balaban J connectivity index is 2.02. The summed E-state index contributed by atoms with van der Waals surface area (Å²) in [5, 5.41) is 7.74. The number of hydrogen-bond acceptors (Lipinski definition) is 3. The standard InChI is InChI=1S/C17H26N4/c1-13(2)11-21-17(19-12-20-21)10-16(18-4)9-15-7-5-14(3)6-8-15/h5-8,12-13,16,18H,9-11H2,1-4H3. The van der Waals surface area contributed by atoms with Crippen LogP contribution in [0.15, 0.2) is 30.6 Å². The van der Waals surface area contributed by atoms with Crippen molar-refractivity contribution in [2.45, 2.75) is 46.2 Å². The summed E-state index contributed by atoms with van der Waals surface area (Å²) in [5.41, 5.74) is 2.66.